The molecule has 2 heterocycles. The van der Waals surface area contributed by atoms with Crippen molar-refractivity contribution < 1.29 is 9.59 Å². The van der Waals surface area contributed by atoms with Gasteiger partial charge in [0.05, 0.1) is 5.92 Å². The zero-order valence-electron chi connectivity index (χ0n) is 17.3. The van der Waals surface area contributed by atoms with Crippen molar-refractivity contribution >= 4 is 29.3 Å². The fourth-order valence-corrected chi connectivity index (χ4v) is 4.40. The van der Waals surface area contributed by atoms with Gasteiger partial charge in [0, 0.05) is 42.5 Å². The lowest BCUT2D eigenvalue weighted by molar-refractivity contribution is -0.128. The second kappa shape index (κ2) is 9.75. The Morgan fingerprint density at radius 1 is 1.13 bits per heavy atom. The third kappa shape index (κ3) is 5.49. The zero-order valence-corrected chi connectivity index (χ0v) is 18.1. The van der Waals surface area contributed by atoms with Gasteiger partial charge in [0.1, 0.15) is 0 Å². The molecular formula is C24H24N4O2S. The topological polar surface area (TPSA) is 75.2 Å². The van der Waals surface area contributed by atoms with Crippen molar-refractivity contribution in [3.05, 3.63) is 78.1 Å². The van der Waals surface area contributed by atoms with Crippen LogP contribution in [0.3, 0.4) is 0 Å². The summed E-state index contributed by atoms with van der Waals surface area (Å²) in [5.41, 5.74) is 2.91. The van der Waals surface area contributed by atoms with Crippen molar-refractivity contribution in [1.82, 2.24) is 14.9 Å². The van der Waals surface area contributed by atoms with Crippen LogP contribution in [0.2, 0.25) is 0 Å². The highest BCUT2D eigenvalue weighted by molar-refractivity contribution is 7.99. The Morgan fingerprint density at radius 2 is 1.90 bits per heavy atom. The molecule has 6 nitrogen and oxygen atoms in total. The Bertz CT molecular complexity index is 1060. The molecule has 158 valence electrons. The highest BCUT2D eigenvalue weighted by Gasteiger charge is 2.34. The minimum Gasteiger partial charge on any atom is -0.342 e. The molecule has 1 aliphatic heterocycles. The van der Waals surface area contributed by atoms with Crippen molar-refractivity contribution in [3.63, 3.8) is 0 Å². The Kier molecular flexibility index (Phi) is 6.62. The number of anilines is 1. The van der Waals surface area contributed by atoms with E-state index in [1.165, 1.54) is 17.3 Å². The van der Waals surface area contributed by atoms with Gasteiger partial charge in [-0.25, -0.2) is 9.97 Å². The molecule has 0 radical (unpaired) electrons. The molecule has 2 amide bonds. The van der Waals surface area contributed by atoms with Crippen molar-refractivity contribution in [2.24, 2.45) is 5.92 Å². The summed E-state index contributed by atoms with van der Waals surface area (Å²) in [7, 11) is 0. The van der Waals surface area contributed by atoms with Crippen LogP contribution in [-0.2, 0) is 16.0 Å². The van der Waals surface area contributed by atoms with E-state index in [2.05, 4.69) is 27.4 Å². The molecule has 2 aromatic carbocycles. The first-order valence-corrected chi connectivity index (χ1v) is 11.1. The minimum atomic E-state index is -0.325. The first kappa shape index (κ1) is 21.1. The first-order chi connectivity index (χ1) is 15.1. The van der Waals surface area contributed by atoms with Gasteiger partial charge in [0.2, 0.25) is 11.8 Å². The molecule has 1 atom stereocenters. The second-order valence-corrected chi connectivity index (χ2v) is 8.62. The number of carbonyl (C=O) groups is 2. The van der Waals surface area contributed by atoms with E-state index in [4.69, 9.17) is 0 Å². The Labute approximate surface area is 186 Å². The van der Waals surface area contributed by atoms with Crippen LogP contribution >= 0.6 is 11.8 Å². The van der Waals surface area contributed by atoms with Gasteiger partial charge in [-0.2, -0.15) is 0 Å². The van der Waals surface area contributed by atoms with Gasteiger partial charge < -0.3 is 10.2 Å². The molecule has 1 aromatic heterocycles. The fourth-order valence-electron chi connectivity index (χ4n) is 3.59. The molecule has 1 saturated heterocycles. The van der Waals surface area contributed by atoms with Crippen molar-refractivity contribution in [2.45, 2.75) is 29.8 Å². The lowest BCUT2D eigenvalue weighted by Crippen LogP contribution is -2.30. The maximum absolute atomic E-state index is 12.8. The number of nitrogens with zero attached hydrogens (tertiary/aromatic N) is 3. The summed E-state index contributed by atoms with van der Waals surface area (Å²) < 4.78 is 0. The molecule has 3 aromatic rings. The number of benzene rings is 2. The summed E-state index contributed by atoms with van der Waals surface area (Å²) in [4.78, 5) is 36.4. The number of hydrogen-bond acceptors (Lipinski definition) is 5. The Balaban J connectivity index is 1.33. The molecule has 0 bridgehead atoms. The van der Waals surface area contributed by atoms with E-state index in [9.17, 15) is 9.59 Å². The number of likely N-dealkylation sites (tertiary alicyclic amines) is 1. The van der Waals surface area contributed by atoms with Crippen LogP contribution < -0.4 is 5.32 Å². The predicted octanol–water partition coefficient (Wildman–Crippen LogP) is 3.97. The lowest BCUT2D eigenvalue weighted by Gasteiger charge is -2.17. The number of nitrogens with one attached hydrogen (secondary N) is 1. The monoisotopic (exact) mass is 432 g/mol. The molecule has 1 aliphatic rings. The summed E-state index contributed by atoms with van der Waals surface area (Å²) in [6.45, 7) is 3.06. The van der Waals surface area contributed by atoms with E-state index in [-0.39, 0.29) is 24.2 Å². The molecule has 4 rings (SSSR count). The zero-order chi connectivity index (χ0) is 21.6. The van der Waals surface area contributed by atoms with Crippen LogP contribution in [0.25, 0.3) is 0 Å². The average molecular weight is 433 g/mol. The standard InChI is InChI=1S/C24H24N4O2S/c1-17-14-20(31-24-25-11-5-12-26-24)8-9-21(17)27-23(30)19-15-22(29)28(16-19)13-10-18-6-3-2-4-7-18/h2-9,11-12,14,19H,10,13,15-16H2,1H3,(H,27,30). The van der Waals surface area contributed by atoms with E-state index in [0.717, 1.165) is 22.6 Å². The summed E-state index contributed by atoms with van der Waals surface area (Å²) in [5, 5.41) is 3.68. The average Bonchev–Trinajstić information content (AvgIpc) is 3.16. The molecule has 0 saturated carbocycles. The normalized spacial score (nSPS) is 15.8. The Hall–Kier alpha value is -3.19. The maximum Gasteiger partial charge on any atom is 0.229 e. The second-order valence-electron chi connectivity index (χ2n) is 7.58. The molecule has 0 aliphatic carbocycles. The van der Waals surface area contributed by atoms with Gasteiger partial charge in [-0.3, -0.25) is 9.59 Å². The maximum atomic E-state index is 12.8. The number of hydrogen-bond donors (Lipinski definition) is 1. The van der Waals surface area contributed by atoms with Crippen LogP contribution in [-0.4, -0.2) is 39.8 Å². The van der Waals surface area contributed by atoms with Gasteiger partial charge in [-0.1, -0.05) is 30.3 Å². The van der Waals surface area contributed by atoms with E-state index in [1.54, 1.807) is 23.4 Å². The predicted molar refractivity (Wildman–Crippen MR) is 121 cm³/mol. The van der Waals surface area contributed by atoms with Gasteiger partial charge in [-0.15, -0.1) is 0 Å². The lowest BCUT2D eigenvalue weighted by atomic mass is 10.1. The van der Waals surface area contributed by atoms with E-state index in [0.29, 0.717) is 18.2 Å². The summed E-state index contributed by atoms with van der Waals surface area (Å²) >= 11 is 1.47. The number of aromatic nitrogens is 2. The number of amides is 2. The third-order valence-electron chi connectivity index (χ3n) is 5.31. The molecule has 1 unspecified atom stereocenters. The first-order valence-electron chi connectivity index (χ1n) is 10.3. The van der Waals surface area contributed by atoms with Crippen molar-refractivity contribution in [1.29, 1.82) is 0 Å². The number of carbonyl (C=O) groups excluding carboxylic acids is 2. The van der Waals surface area contributed by atoms with E-state index < -0.39 is 0 Å². The molecule has 1 fully saturated rings. The molecular weight excluding hydrogens is 408 g/mol. The quantitative estimate of drug-likeness (QED) is 0.572. The Morgan fingerprint density at radius 3 is 2.65 bits per heavy atom. The van der Waals surface area contributed by atoms with E-state index >= 15 is 0 Å². The van der Waals surface area contributed by atoms with Gasteiger partial charge in [0.25, 0.3) is 0 Å². The molecule has 7 heteroatoms. The van der Waals surface area contributed by atoms with Crippen LogP contribution in [0, 0.1) is 12.8 Å². The highest BCUT2D eigenvalue weighted by Crippen LogP contribution is 2.28. The van der Waals surface area contributed by atoms with Crippen LogP contribution in [0.15, 0.2) is 77.0 Å². The number of rotatable bonds is 7. The highest BCUT2D eigenvalue weighted by atomic mass is 32.2. The van der Waals surface area contributed by atoms with Crippen LogP contribution in [0.4, 0.5) is 5.69 Å². The smallest absolute Gasteiger partial charge is 0.229 e. The minimum absolute atomic E-state index is 0.0439. The summed E-state index contributed by atoms with van der Waals surface area (Å²) in [6, 6.07) is 17.7. The fraction of sp³-hybridized carbons (Fsp3) is 0.250. The van der Waals surface area contributed by atoms with Gasteiger partial charge >= 0.3 is 0 Å². The van der Waals surface area contributed by atoms with Crippen molar-refractivity contribution in [3.8, 4) is 0 Å². The molecule has 0 spiro atoms. The largest absolute Gasteiger partial charge is 0.342 e. The summed E-state index contributed by atoms with van der Waals surface area (Å²) in [5.74, 6) is -0.387. The molecule has 31 heavy (non-hydrogen) atoms. The van der Waals surface area contributed by atoms with Crippen LogP contribution in [0.5, 0.6) is 0 Å². The number of aryl methyl sites for hydroxylation is 1. The van der Waals surface area contributed by atoms with Crippen LogP contribution in [0.1, 0.15) is 17.5 Å². The summed E-state index contributed by atoms with van der Waals surface area (Å²) in [6.07, 6.45) is 4.48. The molecule has 1 N–H and O–H groups in total. The van der Waals surface area contributed by atoms with E-state index in [1.807, 2.05) is 43.3 Å². The van der Waals surface area contributed by atoms with Gasteiger partial charge in [0.15, 0.2) is 5.16 Å². The van der Waals surface area contributed by atoms with Crippen molar-refractivity contribution in [2.75, 3.05) is 18.4 Å². The SMILES string of the molecule is Cc1cc(Sc2ncccn2)ccc1NC(=O)C1CC(=O)N(CCc2ccccc2)C1. The van der Waals surface area contributed by atoms with Gasteiger partial charge in [-0.05, 0) is 60.5 Å². The third-order valence-corrected chi connectivity index (χ3v) is 6.19.